The van der Waals surface area contributed by atoms with Gasteiger partial charge in [-0.3, -0.25) is 4.79 Å². The molecule has 0 aliphatic heterocycles. The van der Waals surface area contributed by atoms with Gasteiger partial charge in [-0.1, -0.05) is 28.1 Å². The van der Waals surface area contributed by atoms with Crippen LogP contribution in [0.3, 0.4) is 0 Å². The van der Waals surface area contributed by atoms with E-state index in [4.69, 9.17) is 0 Å². The van der Waals surface area contributed by atoms with E-state index in [9.17, 15) is 13.6 Å². The molecule has 3 aromatic rings. The Bertz CT molecular complexity index is 909. The van der Waals surface area contributed by atoms with Crippen LogP contribution in [0.15, 0.2) is 46.9 Å². The van der Waals surface area contributed by atoms with Gasteiger partial charge in [-0.15, -0.1) is 0 Å². The predicted octanol–water partition coefficient (Wildman–Crippen LogP) is 5.01. The summed E-state index contributed by atoms with van der Waals surface area (Å²) in [6.07, 6.45) is -1.01. The molecule has 2 N–H and O–H groups in total. The molecule has 1 unspecified atom stereocenters. The van der Waals surface area contributed by atoms with Crippen molar-refractivity contribution >= 4 is 32.9 Å². The van der Waals surface area contributed by atoms with E-state index in [1.54, 1.807) is 18.2 Å². The molecule has 1 aromatic heterocycles. The molecule has 3 rings (SSSR count). The van der Waals surface area contributed by atoms with Gasteiger partial charge in [0.2, 0.25) is 0 Å². The highest BCUT2D eigenvalue weighted by Crippen LogP contribution is 2.20. The fourth-order valence-corrected chi connectivity index (χ4v) is 2.95. The van der Waals surface area contributed by atoms with E-state index in [1.807, 2.05) is 31.2 Å². The molecule has 0 saturated carbocycles. The number of alkyl halides is 2. The maximum Gasteiger partial charge on any atom is 0.295 e. The number of hydrogen-bond acceptors (Lipinski definition) is 2. The summed E-state index contributed by atoms with van der Waals surface area (Å²) in [7, 11) is 0. The summed E-state index contributed by atoms with van der Waals surface area (Å²) in [5, 5.41) is 2.94. The second-order valence-corrected chi connectivity index (χ2v) is 7.11. The first kappa shape index (κ1) is 18.5. The molecule has 2 aromatic carbocycles. The van der Waals surface area contributed by atoms with Gasteiger partial charge in [0, 0.05) is 16.1 Å². The predicted molar refractivity (Wildman–Crippen MR) is 100 cm³/mol. The van der Waals surface area contributed by atoms with Crippen LogP contribution in [0.4, 0.5) is 8.78 Å². The molecule has 26 heavy (non-hydrogen) atoms. The van der Waals surface area contributed by atoms with Crippen molar-refractivity contribution in [1.29, 1.82) is 0 Å². The first-order valence-corrected chi connectivity index (χ1v) is 9.05. The van der Waals surface area contributed by atoms with Crippen molar-refractivity contribution in [2.75, 3.05) is 0 Å². The lowest BCUT2D eigenvalue weighted by Gasteiger charge is -2.14. The second-order valence-electron chi connectivity index (χ2n) is 6.19. The Morgan fingerprint density at radius 2 is 1.96 bits per heavy atom. The molecule has 1 heterocycles. The number of hydrogen-bond donors (Lipinski definition) is 2. The number of amides is 1. The van der Waals surface area contributed by atoms with Gasteiger partial charge in [-0.2, -0.15) is 0 Å². The van der Waals surface area contributed by atoms with Crippen molar-refractivity contribution in [3.63, 3.8) is 0 Å². The average molecular weight is 422 g/mol. The molecular weight excluding hydrogens is 404 g/mol. The maximum absolute atomic E-state index is 12.7. The molecular formula is C19H18BrF2N3O. The van der Waals surface area contributed by atoms with E-state index < -0.39 is 6.43 Å². The normalized spacial score (nSPS) is 12.5. The fourth-order valence-electron chi connectivity index (χ4n) is 2.69. The van der Waals surface area contributed by atoms with Crippen LogP contribution in [-0.4, -0.2) is 21.9 Å². The molecule has 0 bridgehead atoms. The van der Waals surface area contributed by atoms with Crippen molar-refractivity contribution in [2.24, 2.45) is 0 Å². The van der Waals surface area contributed by atoms with Gasteiger partial charge in [0.1, 0.15) is 0 Å². The standard InChI is InChI=1S/C19H18BrF2N3O/c1-11(2-3-12-4-7-14(20)8-5-12)23-19(26)13-6-9-15-16(10-13)25-18(24-15)17(21)22/h4-11,17H,2-3H2,1H3,(H,23,26)(H,24,25). The average Bonchev–Trinajstić information content (AvgIpc) is 3.05. The zero-order valence-corrected chi connectivity index (χ0v) is 15.7. The van der Waals surface area contributed by atoms with Gasteiger partial charge < -0.3 is 10.3 Å². The summed E-state index contributed by atoms with van der Waals surface area (Å²) in [5.41, 5.74) is 2.46. The van der Waals surface area contributed by atoms with Crippen LogP contribution in [-0.2, 0) is 6.42 Å². The number of nitrogens with zero attached hydrogens (tertiary/aromatic N) is 1. The van der Waals surface area contributed by atoms with Crippen molar-refractivity contribution in [3.05, 3.63) is 63.9 Å². The number of halogens is 3. The van der Waals surface area contributed by atoms with Crippen molar-refractivity contribution in [1.82, 2.24) is 15.3 Å². The fraction of sp³-hybridized carbons (Fsp3) is 0.263. The number of nitrogens with one attached hydrogen (secondary N) is 2. The number of benzene rings is 2. The first-order chi connectivity index (χ1) is 12.4. The number of aromatic nitrogens is 2. The Morgan fingerprint density at radius 3 is 2.65 bits per heavy atom. The minimum atomic E-state index is -2.67. The van der Waals surface area contributed by atoms with Crippen LogP contribution < -0.4 is 5.32 Å². The highest BCUT2D eigenvalue weighted by Gasteiger charge is 2.15. The summed E-state index contributed by atoms with van der Waals surface area (Å²) in [6.45, 7) is 1.94. The van der Waals surface area contributed by atoms with E-state index in [0.717, 1.165) is 17.3 Å². The molecule has 1 atom stereocenters. The zero-order chi connectivity index (χ0) is 18.7. The number of fused-ring (bicyclic) bond motifs is 1. The topological polar surface area (TPSA) is 57.8 Å². The molecule has 7 heteroatoms. The largest absolute Gasteiger partial charge is 0.350 e. The molecule has 0 fully saturated rings. The molecule has 0 aliphatic rings. The van der Waals surface area contributed by atoms with Crippen LogP contribution in [0.2, 0.25) is 0 Å². The van der Waals surface area contributed by atoms with Gasteiger partial charge in [-0.25, -0.2) is 13.8 Å². The Labute approximate surface area is 158 Å². The molecule has 0 spiro atoms. The van der Waals surface area contributed by atoms with Gasteiger partial charge in [0.15, 0.2) is 5.82 Å². The summed E-state index contributed by atoms with van der Waals surface area (Å²) in [6, 6.07) is 12.8. The quantitative estimate of drug-likeness (QED) is 0.587. The monoisotopic (exact) mass is 421 g/mol. The molecule has 0 aliphatic carbocycles. The number of aryl methyl sites for hydroxylation is 1. The van der Waals surface area contributed by atoms with Crippen molar-refractivity contribution in [2.45, 2.75) is 32.2 Å². The summed E-state index contributed by atoms with van der Waals surface area (Å²) >= 11 is 3.40. The van der Waals surface area contributed by atoms with Crippen molar-refractivity contribution in [3.8, 4) is 0 Å². The van der Waals surface area contributed by atoms with Crippen LogP contribution >= 0.6 is 15.9 Å². The Morgan fingerprint density at radius 1 is 1.23 bits per heavy atom. The summed E-state index contributed by atoms with van der Waals surface area (Å²) < 4.78 is 26.4. The van der Waals surface area contributed by atoms with E-state index in [0.29, 0.717) is 16.6 Å². The van der Waals surface area contributed by atoms with E-state index in [2.05, 4.69) is 31.2 Å². The van der Waals surface area contributed by atoms with Gasteiger partial charge in [0.25, 0.3) is 12.3 Å². The minimum Gasteiger partial charge on any atom is -0.350 e. The van der Waals surface area contributed by atoms with Gasteiger partial charge in [-0.05, 0) is 55.7 Å². The minimum absolute atomic E-state index is 0.0137. The smallest absolute Gasteiger partial charge is 0.295 e. The third-order valence-electron chi connectivity index (χ3n) is 4.13. The highest BCUT2D eigenvalue weighted by atomic mass is 79.9. The van der Waals surface area contributed by atoms with Crippen molar-refractivity contribution < 1.29 is 13.6 Å². The number of aromatic amines is 1. The van der Waals surface area contributed by atoms with Crippen LogP contribution in [0.1, 0.15) is 41.5 Å². The maximum atomic E-state index is 12.7. The lowest BCUT2D eigenvalue weighted by molar-refractivity contribution is 0.0938. The SMILES string of the molecule is CC(CCc1ccc(Br)cc1)NC(=O)c1ccc2nc(C(F)F)[nH]c2c1. The Hall–Kier alpha value is -2.28. The molecule has 1 amide bonds. The molecule has 4 nitrogen and oxygen atoms in total. The number of carbonyl (C=O) groups excluding carboxylic acids is 1. The van der Waals surface area contributed by atoms with E-state index >= 15 is 0 Å². The van der Waals surface area contributed by atoms with Crippen LogP contribution in [0.5, 0.6) is 0 Å². The van der Waals surface area contributed by atoms with Crippen LogP contribution in [0, 0.1) is 0 Å². The van der Waals surface area contributed by atoms with E-state index in [1.165, 1.54) is 5.56 Å². The highest BCUT2D eigenvalue weighted by molar-refractivity contribution is 9.10. The Balaban J connectivity index is 1.61. The summed E-state index contributed by atoms with van der Waals surface area (Å²) in [4.78, 5) is 18.7. The zero-order valence-electron chi connectivity index (χ0n) is 14.1. The van der Waals surface area contributed by atoms with Gasteiger partial charge in [0.05, 0.1) is 11.0 Å². The third kappa shape index (κ3) is 4.46. The molecule has 0 radical (unpaired) electrons. The first-order valence-electron chi connectivity index (χ1n) is 8.25. The number of carbonyl (C=O) groups is 1. The molecule has 0 saturated heterocycles. The number of rotatable bonds is 6. The number of H-pyrrole nitrogens is 1. The third-order valence-corrected chi connectivity index (χ3v) is 4.65. The van der Waals surface area contributed by atoms with E-state index in [-0.39, 0.29) is 17.8 Å². The Kier molecular flexibility index (Phi) is 5.66. The number of imidazole rings is 1. The summed E-state index contributed by atoms with van der Waals surface area (Å²) in [5.74, 6) is -0.621. The lowest BCUT2D eigenvalue weighted by Crippen LogP contribution is -2.32. The van der Waals surface area contributed by atoms with Gasteiger partial charge >= 0.3 is 0 Å². The second kappa shape index (κ2) is 7.95. The molecule has 136 valence electrons. The lowest BCUT2D eigenvalue weighted by atomic mass is 10.1. The van der Waals surface area contributed by atoms with Crippen LogP contribution in [0.25, 0.3) is 11.0 Å².